The Kier molecular flexibility index (Phi) is 4.71. The molecule has 1 aromatic rings. The zero-order valence-electron chi connectivity index (χ0n) is 13.5. The highest BCUT2D eigenvalue weighted by Crippen LogP contribution is 2.29. The van der Waals surface area contributed by atoms with Crippen LogP contribution in [-0.4, -0.2) is 41.8 Å². The molecule has 1 heterocycles. The fourth-order valence-corrected chi connectivity index (χ4v) is 3.23. The molecule has 118 valence electrons. The van der Waals surface area contributed by atoms with E-state index in [4.69, 9.17) is 10.5 Å². The van der Waals surface area contributed by atoms with Crippen molar-refractivity contribution in [2.75, 3.05) is 19.6 Å². The molecular weight excluding hydrogens is 267 g/mol. The lowest BCUT2D eigenvalue weighted by Gasteiger charge is -2.50. The molecule has 3 nitrogen and oxygen atoms in total. The van der Waals surface area contributed by atoms with Crippen molar-refractivity contribution >= 4 is 0 Å². The Hall–Kier alpha value is -0.970. The zero-order chi connectivity index (χ0) is 15.7. The lowest BCUT2D eigenvalue weighted by molar-refractivity contribution is -0.150. The van der Waals surface area contributed by atoms with Crippen LogP contribution < -0.4 is 5.73 Å². The standard InChI is InChI=1S/C17H27FN2O/c1-13-10-20(12-16(2,3)21-13)17(4,11-19)9-14-7-5-6-8-15(14)18/h5-8,13H,9-12,19H2,1-4H3. The van der Waals surface area contributed by atoms with Crippen molar-refractivity contribution in [3.63, 3.8) is 0 Å². The summed E-state index contributed by atoms with van der Waals surface area (Å²) in [6.45, 7) is 10.5. The number of nitrogens with zero attached hydrogens (tertiary/aromatic N) is 1. The maximum Gasteiger partial charge on any atom is 0.126 e. The fraction of sp³-hybridized carbons (Fsp3) is 0.647. The molecule has 4 heteroatoms. The third-order valence-corrected chi connectivity index (χ3v) is 4.30. The Morgan fingerprint density at radius 2 is 2.10 bits per heavy atom. The molecule has 0 aromatic heterocycles. The minimum atomic E-state index is -0.266. The predicted octanol–water partition coefficient (Wildman–Crippen LogP) is 2.58. The summed E-state index contributed by atoms with van der Waals surface area (Å²) in [5.41, 5.74) is 6.32. The van der Waals surface area contributed by atoms with E-state index < -0.39 is 0 Å². The highest BCUT2D eigenvalue weighted by molar-refractivity contribution is 5.20. The van der Waals surface area contributed by atoms with Gasteiger partial charge in [-0.15, -0.1) is 0 Å². The summed E-state index contributed by atoms with van der Waals surface area (Å²) in [7, 11) is 0. The molecule has 1 aliphatic heterocycles. The fourth-order valence-electron chi connectivity index (χ4n) is 3.23. The number of benzene rings is 1. The maximum atomic E-state index is 14.0. The Bertz CT molecular complexity index is 491. The third-order valence-electron chi connectivity index (χ3n) is 4.30. The molecule has 1 aromatic carbocycles. The van der Waals surface area contributed by atoms with Crippen molar-refractivity contribution in [2.24, 2.45) is 5.73 Å². The van der Waals surface area contributed by atoms with E-state index in [2.05, 4.69) is 32.6 Å². The van der Waals surface area contributed by atoms with E-state index in [0.29, 0.717) is 13.0 Å². The van der Waals surface area contributed by atoms with Gasteiger partial charge in [-0.2, -0.15) is 0 Å². The van der Waals surface area contributed by atoms with Crippen LogP contribution in [0.25, 0.3) is 0 Å². The van der Waals surface area contributed by atoms with Gasteiger partial charge < -0.3 is 10.5 Å². The molecule has 2 unspecified atom stereocenters. The topological polar surface area (TPSA) is 38.5 Å². The number of ether oxygens (including phenoxy) is 1. The maximum absolute atomic E-state index is 14.0. The first-order valence-electron chi connectivity index (χ1n) is 7.62. The monoisotopic (exact) mass is 294 g/mol. The van der Waals surface area contributed by atoms with E-state index in [1.54, 1.807) is 6.07 Å². The van der Waals surface area contributed by atoms with E-state index in [1.165, 1.54) is 6.07 Å². The number of rotatable bonds is 4. The summed E-state index contributed by atoms with van der Waals surface area (Å²) in [6, 6.07) is 6.95. The summed E-state index contributed by atoms with van der Waals surface area (Å²) in [6.07, 6.45) is 0.763. The van der Waals surface area contributed by atoms with Crippen LogP contribution in [0.4, 0.5) is 4.39 Å². The molecule has 1 aliphatic rings. The minimum Gasteiger partial charge on any atom is -0.370 e. The summed E-state index contributed by atoms with van der Waals surface area (Å²) in [5.74, 6) is -0.155. The van der Waals surface area contributed by atoms with E-state index >= 15 is 0 Å². The van der Waals surface area contributed by atoms with Crippen LogP contribution >= 0.6 is 0 Å². The molecule has 2 N–H and O–H groups in total. The smallest absolute Gasteiger partial charge is 0.126 e. The van der Waals surface area contributed by atoms with E-state index in [1.807, 2.05) is 12.1 Å². The van der Waals surface area contributed by atoms with Gasteiger partial charge in [-0.05, 0) is 45.7 Å². The highest BCUT2D eigenvalue weighted by Gasteiger charge is 2.40. The molecule has 1 saturated heterocycles. The molecule has 0 radical (unpaired) electrons. The Morgan fingerprint density at radius 3 is 2.67 bits per heavy atom. The van der Waals surface area contributed by atoms with E-state index in [0.717, 1.165) is 18.7 Å². The predicted molar refractivity (Wildman–Crippen MR) is 83.8 cm³/mol. The van der Waals surface area contributed by atoms with Crippen LogP contribution in [-0.2, 0) is 11.2 Å². The van der Waals surface area contributed by atoms with Gasteiger partial charge in [-0.1, -0.05) is 18.2 Å². The van der Waals surface area contributed by atoms with Crippen LogP contribution in [0.2, 0.25) is 0 Å². The van der Waals surface area contributed by atoms with Crippen molar-refractivity contribution < 1.29 is 9.13 Å². The van der Waals surface area contributed by atoms with Crippen LogP contribution in [0, 0.1) is 5.82 Å². The Morgan fingerprint density at radius 1 is 1.43 bits per heavy atom. The van der Waals surface area contributed by atoms with Crippen molar-refractivity contribution in [3.8, 4) is 0 Å². The average Bonchev–Trinajstić information content (AvgIpc) is 2.39. The molecule has 0 amide bonds. The van der Waals surface area contributed by atoms with Gasteiger partial charge in [-0.25, -0.2) is 4.39 Å². The second kappa shape index (κ2) is 6.03. The summed E-state index contributed by atoms with van der Waals surface area (Å²) in [4.78, 5) is 2.35. The summed E-state index contributed by atoms with van der Waals surface area (Å²) in [5, 5.41) is 0. The molecule has 0 aliphatic carbocycles. The van der Waals surface area contributed by atoms with Crippen LogP contribution in [0.1, 0.15) is 33.3 Å². The lowest BCUT2D eigenvalue weighted by Crippen LogP contribution is -2.63. The van der Waals surface area contributed by atoms with Gasteiger partial charge in [0.05, 0.1) is 11.7 Å². The van der Waals surface area contributed by atoms with Crippen LogP contribution in [0.15, 0.2) is 24.3 Å². The first-order chi connectivity index (χ1) is 9.76. The van der Waals surface area contributed by atoms with Crippen molar-refractivity contribution in [1.82, 2.24) is 4.90 Å². The van der Waals surface area contributed by atoms with Gasteiger partial charge in [0.2, 0.25) is 0 Å². The Balaban J connectivity index is 2.22. The quantitative estimate of drug-likeness (QED) is 0.927. The molecule has 21 heavy (non-hydrogen) atoms. The van der Waals surface area contributed by atoms with Gasteiger partial charge >= 0.3 is 0 Å². The average molecular weight is 294 g/mol. The van der Waals surface area contributed by atoms with Crippen molar-refractivity contribution in [3.05, 3.63) is 35.6 Å². The van der Waals surface area contributed by atoms with Gasteiger partial charge in [0.25, 0.3) is 0 Å². The lowest BCUT2D eigenvalue weighted by atomic mass is 9.88. The second-order valence-corrected chi connectivity index (χ2v) is 7.04. The molecule has 2 atom stereocenters. The normalized spacial score (nSPS) is 25.5. The summed E-state index contributed by atoms with van der Waals surface area (Å²) >= 11 is 0. The summed E-state index contributed by atoms with van der Waals surface area (Å²) < 4.78 is 19.9. The first-order valence-corrected chi connectivity index (χ1v) is 7.62. The third kappa shape index (κ3) is 3.82. The number of hydrogen-bond acceptors (Lipinski definition) is 3. The van der Waals surface area contributed by atoms with Gasteiger partial charge in [-0.3, -0.25) is 4.90 Å². The second-order valence-electron chi connectivity index (χ2n) is 7.04. The van der Waals surface area contributed by atoms with Gasteiger partial charge in [0.1, 0.15) is 5.82 Å². The van der Waals surface area contributed by atoms with Crippen molar-refractivity contribution in [2.45, 2.75) is 51.4 Å². The highest BCUT2D eigenvalue weighted by atomic mass is 19.1. The number of halogens is 1. The van der Waals surface area contributed by atoms with Gasteiger partial charge in [0.15, 0.2) is 0 Å². The molecular formula is C17H27FN2O. The molecule has 1 fully saturated rings. The molecule has 0 bridgehead atoms. The Labute approximate surface area is 127 Å². The van der Waals surface area contributed by atoms with Crippen molar-refractivity contribution in [1.29, 1.82) is 0 Å². The molecule has 0 spiro atoms. The van der Waals surface area contributed by atoms with Crippen LogP contribution in [0.3, 0.4) is 0 Å². The van der Waals surface area contributed by atoms with Gasteiger partial charge in [0, 0.05) is 25.2 Å². The number of morpholine rings is 1. The zero-order valence-corrected chi connectivity index (χ0v) is 13.5. The molecule has 0 saturated carbocycles. The minimum absolute atomic E-state index is 0.153. The SMILES string of the molecule is CC1CN(C(C)(CN)Cc2ccccc2F)CC(C)(C)O1. The number of nitrogens with two attached hydrogens (primary N) is 1. The largest absolute Gasteiger partial charge is 0.370 e. The van der Waals surface area contributed by atoms with E-state index in [-0.39, 0.29) is 23.1 Å². The number of hydrogen-bond donors (Lipinski definition) is 1. The first kappa shape index (κ1) is 16.4. The van der Waals surface area contributed by atoms with Crippen LogP contribution in [0.5, 0.6) is 0 Å². The molecule has 2 rings (SSSR count). The van der Waals surface area contributed by atoms with E-state index in [9.17, 15) is 4.39 Å².